The highest BCUT2D eigenvalue weighted by atomic mass is 79.9. The van der Waals surface area contributed by atoms with E-state index in [1.807, 2.05) is 24.3 Å². The average molecular weight is 583 g/mol. The van der Waals surface area contributed by atoms with E-state index in [9.17, 15) is 18.0 Å². The zero-order chi connectivity index (χ0) is 25.0. The summed E-state index contributed by atoms with van der Waals surface area (Å²) in [5.74, 6) is -0.536. The number of carbonyl (C=O) groups is 1. The lowest BCUT2D eigenvalue weighted by Gasteiger charge is -2.14. The molecule has 5 nitrogen and oxygen atoms in total. The van der Waals surface area contributed by atoms with Gasteiger partial charge in [-0.25, -0.2) is 4.98 Å². The largest absolute Gasteiger partial charge is 0.573 e. The van der Waals surface area contributed by atoms with Crippen LogP contribution in [0.1, 0.15) is 0 Å². The molecule has 11 heteroatoms. The first-order valence-corrected chi connectivity index (χ1v) is 12.2. The summed E-state index contributed by atoms with van der Waals surface area (Å²) < 4.78 is 44.3. The highest BCUT2D eigenvalue weighted by molar-refractivity contribution is 9.10. The molecule has 1 N–H and O–H groups in total. The number of alkyl halides is 3. The van der Waals surface area contributed by atoms with Crippen molar-refractivity contribution < 1.29 is 22.7 Å². The molecule has 0 radical (unpaired) electrons. The molecular weight excluding hydrogens is 567 g/mol. The zero-order valence-electron chi connectivity index (χ0n) is 17.7. The van der Waals surface area contributed by atoms with Crippen LogP contribution >= 0.6 is 39.3 Å². The lowest BCUT2D eigenvalue weighted by molar-refractivity contribution is -0.274. The Labute approximate surface area is 216 Å². The second-order valence-electron chi connectivity index (χ2n) is 7.16. The van der Waals surface area contributed by atoms with Crippen LogP contribution in [-0.2, 0) is 4.79 Å². The maximum absolute atomic E-state index is 12.6. The molecule has 3 aromatic carbocycles. The SMILES string of the molecule is O=C(CSc1ncc(-c2ccc(Br)cc2)n1-c1ccc(OC(F)(F)F)cc1)Nc1cccc(Cl)c1. The molecule has 0 bridgehead atoms. The molecule has 1 amide bonds. The Morgan fingerprint density at radius 2 is 1.80 bits per heavy atom. The monoisotopic (exact) mass is 581 g/mol. The third-order valence-electron chi connectivity index (χ3n) is 4.64. The normalized spacial score (nSPS) is 11.3. The van der Waals surface area contributed by atoms with Crippen molar-refractivity contribution in [3.05, 3.63) is 88.5 Å². The van der Waals surface area contributed by atoms with Crippen LogP contribution in [0.2, 0.25) is 5.02 Å². The topological polar surface area (TPSA) is 56.2 Å². The number of rotatable bonds is 7. The predicted molar refractivity (Wildman–Crippen MR) is 134 cm³/mol. The number of ether oxygens (including phenoxy) is 1. The fourth-order valence-electron chi connectivity index (χ4n) is 3.20. The Kier molecular flexibility index (Phi) is 7.73. The minimum absolute atomic E-state index is 0.0541. The van der Waals surface area contributed by atoms with E-state index in [4.69, 9.17) is 11.6 Å². The first-order valence-electron chi connectivity index (χ1n) is 10.1. The summed E-state index contributed by atoms with van der Waals surface area (Å²) >= 11 is 10.6. The number of aromatic nitrogens is 2. The van der Waals surface area contributed by atoms with Crippen molar-refractivity contribution in [2.24, 2.45) is 0 Å². The van der Waals surface area contributed by atoms with E-state index in [-0.39, 0.29) is 17.4 Å². The number of hydrogen-bond acceptors (Lipinski definition) is 4. The number of nitrogens with zero attached hydrogens (tertiary/aromatic N) is 2. The smallest absolute Gasteiger partial charge is 0.406 e. The maximum atomic E-state index is 12.6. The second kappa shape index (κ2) is 10.8. The van der Waals surface area contributed by atoms with Crippen molar-refractivity contribution in [1.82, 2.24) is 9.55 Å². The molecule has 4 aromatic rings. The van der Waals surface area contributed by atoms with Crippen molar-refractivity contribution in [1.29, 1.82) is 0 Å². The molecule has 0 atom stereocenters. The van der Waals surface area contributed by atoms with Crippen molar-refractivity contribution in [3.63, 3.8) is 0 Å². The van der Waals surface area contributed by atoms with Crippen LogP contribution in [0.15, 0.2) is 88.6 Å². The van der Waals surface area contributed by atoms with Crippen LogP contribution in [0, 0.1) is 0 Å². The first-order chi connectivity index (χ1) is 16.7. The van der Waals surface area contributed by atoms with Crippen molar-refractivity contribution in [2.45, 2.75) is 11.5 Å². The number of imidazole rings is 1. The standard InChI is InChI=1S/C24H16BrClF3N3O2S/c25-16-6-4-15(5-7-16)21-13-30-23(35-14-22(33)31-18-3-1-2-17(26)12-18)32(21)19-8-10-20(11-9-19)34-24(27,28)29/h1-13H,14H2,(H,31,33). The van der Waals surface area contributed by atoms with Gasteiger partial charge in [0.15, 0.2) is 5.16 Å². The number of nitrogens with one attached hydrogen (secondary N) is 1. The minimum Gasteiger partial charge on any atom is -0.406 e. The fourth-order valence-corrected chi connectivity index (χ4v) is 4.45. The summed E-state index contributed by atoms with van der Waals surface area (Å²) in [6, 6.07) is 19.8. The Balaban J connectivity index is 1.61. The molecule has 0 saturated carbocycles. The molecule has 0 aliphatic rings. The Hall–Kier alpha value is -2.95. The highest BCUT2D eigenvalue weighted by Gasteiger charge is 2.31. The van der Waals surface area contributed by atoms with E-state index in [0.29, 0.717) is 27.2 Å². The van der Waals surface area contributed by atoms with Gasteiger partial charge in [0.25, 0.3) is 0 Å². The Bertz CT molecular complexity index is 1330. The second-order valence-corrected chi connectivity index (χ2v) is 9.45. The van der Waals surface area contributed by atoms with Gasteiger partial charge in [0.1, 0.15) is 5.75 Å². The third-order valence-corrected chi connectivity index (χ3v) is 6.36. The molecule has 1 aromatic heterocycles. The fraction of sp³-hybridized carbons (Fsp3) is 0.0833. The van der Waals surface area contributed by atoms with E-state index < -0.39 is 6.36 Å². The highest BCUT2D eigenvalue weighted by Crippen LogP contribution is 2.32. The molecule has 4 rings (SSSR count). The molecule has 0 fully saturated rings. The van der Waals surface area contributed by atoms with Gasteiger partial charge >= 0.3 is 6.36 Å². The van der Waals surface area contributed by atoms with Gasteiger partial charge in [-0.2, -0.15) is 0 Å². The minimum atomic E-state index is -4.78. The molecule has 180 valence electrons. The summed E-state index contributed by atoms with van der Waals surface area (Å²) in [4.78, 5) is 17.0. The summed E-state index contributed by atoms with van der Waals surface area (Å²) in [6.07, 6.45) is -3.13. The van der Waals surface area contributed by atoms with Crippen LogP contribution in [0.5, 0.6) is 5.75 Å². The molecule has 0 unspecified atom stereocenters. The number of benzene rings is 3. The van der Waals surface area contributed by atoms with E-state index in [1.165, 1.54) is 36.0 Å². The van der Waals surface area contributed by atoms with E-state index in [2.05, 4.69) is 31.0 Å². The molecule has 1 heterocycles. The van der Waals surface area contributed by atoms with Crippen LogP contribution in [0.25, 0.3) is 16.9 Å². The van der Waals surface area contributed by atoms with Gasteiger partial charge < -0.3 is 10.1 Å². The Morgan fingerprint density at radius 1 is 1.09 bits per heavy atom. The molecule has 0 spiro atoms. The van der Waals surface area contributed by atoms with Gasteiger partial charge in [0.2, 0.25) is 5.91 Å². The third kappa shape index (κ3) is 6.81. The zero-order valence-corrected chi connectivity index (χ0v) is 20.9. The van der Waals surface area contributed by atoms with Crippen LogP contribution in [-0.4, -0.2) is 27.6 Å². The Morgan fingerprint density at radius 3 is 2.46 bits per heavy atom. The van der Waals surface area contributed by atoms with Crippen molar-refractivity contribution in [3.8, 4) is 22.7 Å². The molecule has 0 saturated heterocycles. The van der Waals surface area contributed by atoms with Gasteiger partial charge in [-0.15, -0.1) is 13.2 Å². The first kappa shape index (κ1) is 25.2. The lowest BCUT2D eigenvalue weighted by atomic mass is 10.1. The van der Waals surface area contributed by atoms with Gasteiger partial charge in [-0.1, -0.05) is 57.5 Å². The van der Waals surface area contributed by atoms with Crippen molar-refractivity contribution >= 4 is 50.9 Å². The van der Waals surface area contributed by atoms with Gasteiger partial charge in [0.05, 0.1) is 17.6 Å². The van der Waals surface area contributed by atoms with Gasteiger partial charge in [-0.3, -0.25) is 9.36 Å². The van der Waals surface area contributed by atoms with E-state index in [0.717, 1.165) is 10.0 Å². The summed E-state index contributed by atoms with van der Waals surface area (Å²) in [7, 11) is 0. The predicted octanol–water partition coefficient (Wildman–Crippen LogP) is 7.58. The number of anilines is 1. The average Bonchev–Trinajstić information content (AvgIpc) is 3.22. The molecule has 35 heavy (non-hydrogen) atoms. The maximum Gasteiger partial charge on any atom is 0.573 e. The number of halogens is 5. The summed E-state index contributed by atoms with van der Waals surface area (Å²) in [5, 5.41) is 3.77. The van der Waals surface area contributed by atoms with Gasteiger partial charge in [0, 0.05) is 26.4 Å². The van der Waals surface area contributed by atoms with Crippen molar-refractivity contribution in [2.75, 3.05) is 11.1 Å². The molecular formula is C24H16BrClF3N3O2S. The van der Waals surface area contributed by atoms with Crippen LogP contribution in [0.4, 0.5) is 18.9 Å². The van der Waals surface area contributed by atoms with Crippen LogP contribution < -0.4 is 10.1 Å². The lowest BCUT2D eigenvalue weighted by Crippen LogP contribution is -2.17. The molecule has 0 aliphatic carbocycles. The summed E-state index contributed by atoms with van der Waals surface area (Å²) in [6.45, 7) is 0. The molecule has 0 aliphatic heterocycles. The number of carbonyl (C=O) groups excluding carboxylic acids is 1. The van der Waals surface area contributed by atoms with E-state index in [1.54, 1.807) is 35.0 Å². The number of amides is 1. The van der Waals surface area contributed by atoms with E-state index >= 15 is 0 Å². The summed E-state index contributed by atoms with van der Waals surface area (Å²) in [5.41, 5.74) is 2.68. The number of thioether (sulfide) groups is 1. The van der Waals surface area contributed by atoms with Crippen LogP contribution in [0.3, 0.4) is 0 Å². The quantitative estimate of drug-likeness (QED) is 0.228. The van der Waals surface area contributed by atoms with Gasteiger partial charge in [-0.05, 0) is 54.6 Å². The number of hydrogen-bond donors (Lipinski definition) is 1.